The zero-order valence-corrected chi connectivity index (χ0v) is 9.79. The number of carbonyl (C=O) groups excluding carboxylic acids is 1. The van der Waals surface area contributed by atoms with Crippen molar-refractivity contribution in [2.75, 3.05) is 5.33 Å². The van der Waals surface area contributed by atoms with Crippen LogP contribution in [0.3, 0.4) is 0 Å². The first-order chi connectivity index (χ1) is 4.95. The maximum atomic E-state index is 10.8. The average Bonchev–Trinajstić information content (AvgIpc) is 1.89. The first kappa shape index (κ1) is 13.7. The topological polar surface area (TPSA) is 17.1 Å². The van der Waals surface area contributed by atoms with Gasteiger partial charge in [0, 0.05) is 6.42 Å². The Kier molecular flexibility index (Phi) is 8.53. The van der Waals surface area contributed by atoms with E-state index in [0.29, 0.717) is 11.8 Å². The van der Waals surface area contributed by atoms with Crippen LogP contribution in [0.2, 0.25) is 0 Å². The molecule has 0 saturated heterocycles. The highest BCUT2D eigenvalue weighted by Crippen LogP contribution is 2.18. The van der Waals surface area contributed by atoms with E-state index in [9.17, 15) is 4.79 Å². The van der Waals surface area contributed by atoms with Gasteiger partial charge < -0.3 is 0 Å². The minimum Gasteiger partial charge on any atom is -0.299 e. The van der Waals surface area contributed by atoms with Crippen molar-refractivity contribution >= 4 is 21.7 Å². The van der Waals surface area contributed by atoms with Crippen LogP contribution in [0.25, 0.3) is 0 Å². The molecule has 0 unspecified atom stereocenters. The molecule has 1 nitrogen and oxygen atoms in total. The second kappa shape index (κ2) is 6.84. The lowest BCUT2D eigenvalue weighted by Gasteiger charge is -2.15. The van der Waals surface area contributed by atoms with Gasteiger partial charge in [0.15, 0.2) is 0 Å². The molecule has 0 fully saturated rings. The number of rotatable bonds is 2. The predicted molar refractivity (Wildman–Crippen MR) is 54.2 cm³/mol. The third kappa shape index (κ3) is 13.2. The highest BCUT2D eigenvalue weighted by molar-refractivity contribution is 9.09. The van der Waals surface area contributed by atoms with E-state index >= 15 is 0 Å². The molecule has 0 spiro atoms. The Morgan fingerprint density at radius 2 is 1.64 bits per heavy atom. The number of ketones is 1. The third-order valence-corrected chi connectivity index (χ3v) is 1.50. The Balaban J connectivity index is 0. The molecule has 0 atom stereocenters. The molecule has 0 radical (unpaired) electrons. The summed E-state index contributed by atoms with van der Waals surface area (Å²) in [7, 11) is 0. The first-order valence-corrected chi connectivity index (χ1v) is 5.15. The summed E-state index contributed by atoms with van der Waals surface area (Å²) >= 11 is 3.12. The number of hydrogen-bond donors (Lipinski definition) is 0. The van der Waals surface area contributed by atoms with Gasteiger partial charge in [-0.15, -0.1) is 0 Å². The van der Waals surface area contributed by atoms with Crippen LogP contribution in [0, 0.1) is 5.41 Å². The fourth-order valence-electron chi connectivity index (χ4n) is 0.639. The number of Topliss-reactive ketones (excluding diaryl/α,β-unsaturated/α-hetero) is 1. The van der Waals surface area contributed by atoms with Crippen molar-refractivity contribution in [3.63, 3.8) is 0 Å². The largest absolute Gasteiger partial charge is 0.299 e. The van der Waals surface area contributed by atoms with Crippen LogP contribution in [0.15, 0.2) is 0 Å². The lowest BCUT2D eigenvalue weighted by molar-refractivity contribution is -0.118. The van der Waals surface area contributed by atoms with Gasteiger partial charge in [-0.3, -0.25) is 4.79 Å². The standard InChI is InChI=1S/C7H13BrO.C2H6/c1-7(2,3)4-6(9)5-8;1-2/h4-5H2,1-3H3;1-2H3. The summed E-state index contributed by atoms with van der Waals surface area (Å²) in [5.74, 6) is 0.280. The molecule has 2 heteroatoms. The van der Waals surface area contributed by atoms with E-state index in [2.05, 4.69) is 36.7 Å². The Morgan fingerprint density at radius 3 is 1.73 bits per heavy atom. The van der Waals surface area contributed by atoms with Crippen molar-refractivity contribution in [2.45, 2.75) is 41.0 Å². The molecular weight excluding hydrogens is 204 g/mol. The molecule has 0 rings (SSSR count). The average molecular weight is 223 g/mol. The predicted octanol–water partition coefficient (Wildman–Crippen LogP) is 3.41. The van der Waals surface area contributed by atoms with Gasteiger partial charge in [-0.25, -0.2) is 0 Å². The second-order valence-corrected chi connectivity index (χ2v) is 3.97. The SMILES string of the molecule is CC.CC(C)(C)CC(=O)CBr. The quantitative estimate of drug-likeness (QED) is 0.655. The second-order valence-electron chi connectivity index (χ2n) is 3.41. The first-order valence-electron chi connectivity index (χ1n) is 4.03. The Bertz CT molecular complexity index is 103. The van der Waals surface area contributed by atoms with Crippen LogP contribution in [0.5, 0.6) is 0 Å². The fraction of sp³-hybridized carbons (Fsp3) is 0.889. The molecule has 0 amide bonds. The molecule has 11 heavy (non-hydrogen) atoms. The van der Waals surface area contributed by atoms with E-state index in [1.165, 1.54) is 0 Å². The van der Waals surface area contributed by atoms with Crippen LogP contribution in [-0.2, 0) is 4.79 Å². The number of halogens is 1. The molecule has 0 heterocycles. The molecule has 0 bridgehead atoms. The van der Waals surface area contributed by atoms with E-state index in [4.69, 9.17) is 0 Å². The van der Waals surface area contributed by atoms with Crippen LogP contribution in [0.4, 0.5) is 0 Å². The van der Waals surface area contributed by atoms with E-state index in [1.807, 2.05) is 13.8 Å². The molecule has 0 aliphatic carbocycles. The zero-order chi connectivity index (χ0) is 9.49. The summed E-state index contributed by atoms with van der Waals surface area (Å²) in [6.45, 7) is 10.2. The van der Waals surface area contributed by atoms with Crippen molar-refractivity contribution in [3.8, 4) is 0 Å². The normalized spacial score (nSPS) is 10.0. The Labute approximate surface area is 78.7 Å². The van der Waals surface area contributed by atoms with Gasteiger partial charge in [-0.05, 0) is 5.41 Å². The molecule has 0 aromatic heterocycles. The van der Waals surface area contributed by atoms with E-state index < -0.39 is 0 Å². The fourth-order valence-corrected chi connectivity index (χ4v) is 0.837. The third-order valence-electron chi connectivity index (χ3n) is 0.877. The van der Waals surface area contributed by atoms with Crippen LogP contribution in [-0.4, -0.2) is 11.1 Å². The van der Waals surface area contributed by atoms with E-state index in [-0.39, 0.29) is 11.2 Å². The minimum atomic E-state index is 0.144. The van der Waals surface area contributed by atoms with Gasteiger partial charge >= 0.3 is 0 Å². The Hall–Kier alpha value is 0.150. The summed E-state index contributed by atoms with van der Waals surface area (Å²) in [6.07, 6.45) is 0.665. The summed E-state index contributed by atoms with van der Waals surface area (Å²) in [5.41, 5.74) is 0.144. The van der Waals surface area contributed by atoms with Crippen molar-refractivity contribution in [1.29, 1.82) is 0 Å². The summed E-state index contributed by atoms with van der Waals surface area (Å²) in [5, 5.41) is 0.490. The van der Waals surface area contributed by atoms with Crippen LogP contribution in [0.1, 0.15) is 41.0 Å². The van der Waals surface area contributed by atoms with Crippen molar-refractivity contribution in [1.82, 2.24) is 0 Å². The molecule has 0 aliphatic rings. The Morgan fingerprint density at radius 1 is 1.27 bits per heavy atom. The molecule has 0 aromatic carbocycles. The van der Waals surface area contributed by atoms with Gasteiger partial charge in [0.25, 0.3) is 0 Å². The molecule has 0 aliphatic heterocycles. The smallest absolute Gasteiger partial charge is 0.143 e. The zero-order valence-electron chi connectivity index (χ0n) is 8.20. The van der Waals surface area contributed by atoms with Crippen molar-refractivity contribution in [2.24, 2.45) is 5.41 Å². The molecule has 0 N–H and O–H groups in total. The van der Waals surface area contributed by atoms with Crippen molar-refractivity contribution in [3.05, 3.63) is 0 Å². The number of carbonyl (C=O) groups is 1. The molecule has 68 valence electrons. The molecule has 0 saturated carbocycles. The maximum absolute atomic E-state index is 10.8. The monoisotopic (exact) mass is 222 g/mol. The van der Waals surface area contributed by atoms with Gasteiger partial charge in [0.1, 0.15) is 5.78 Å². The molecular formula is C9H19BrO. The number of alkyl halides is 1. The summed E-state index contributed by atoms with van der Waals surface area (Å²) in [4.78, 5) is 10.8. The summed E-state index contributed by atoms with van der Waals surface area (Å²) in [6, 6.07) is 0. The number of hydrogen-bond acceptors (Lipinski definition) is 1. The van der Waals surface area contributed by atoms with E-state index in [1.54, 1.807) is 0 Å². The minimum absolute atomic E-state index is 0.144. The van der Waals surface area contributed by atoms with Crippen molar-refractivity contribution < 1.29 is 4.79 Å². The highest BCUT2D eigenvalue weighted by Gasteiger charge is 2.14. The van der Waals surface area contributed by atoms with Gasteiger partial charge in [-0.1, -0.05) is 50.5 Å². The molecule has 0 aromatic rings. The van der Waals surface area contributed by atoms with Gasteiger partial charge in [0.05, 0.1) is 5.33 Å². The van der Waals surface area contributed by atoms with Gasteiger partial charge in [-0.2, -0.15) is 0 Å². The summed E-state index contributed by atoms with van der Waals surface area (Å²) < 4.78 is 0. The van der Waals surface area contributed by atoms with Gasteiger partial charge in [0.2, 0.25) is 0 Å². The lowest BCUT2D eigenvalue weighted by atomic mass is 9.90. The highest BCUT2D eigenvalue weighted by atomic mass is 79.9. The van der Waals surface area contributed by atoms with E-state index in [0.717, 1.165) is 0 Å². The maximum Gasteiger partial charge on any atom is 0.143 e. The lowest BCUT2D eigenvalue weighted by Crippen LogP contribution is -2.13. The van der Waals surface area contributed by atoms with Crippen LogP contribution < -0.4 is 0 Å². The van der Waals surface area contributed by atoms with Crippen LogP contribution >= 0.6 is 15.9 Å².